The maximum Gasteiger partial charge on any atom is 0.322 e. The van der Waals surface area contributed by atoms with Gasteiger partial charge in [-0.15, -0.1) is 0 Å². The molecule has 0 aliphatic carbocycles. The van der Waals surface area contributed by atoms with Crippen molar-refractivity contribution < 1.29 is 36.7 Å². The van der Waals surface area contributed by atoms with Crippen LogP contribution < -0.4 is 20.1 Å². The van der Waals surface area contributed by atoms with Gasteiger partial charge < -0.3 is 19.2 Å². The third kappa shape index (κ3) is 4.35. The highest BCUT2D eigenvalue weighted by molar-refractivity contribution is 7.89. The minimum Gasteiger partial charge on any atom is -0.493 e. The second-order valence-electron chi connectivity index (χ2n) is 8.06. The van der Waals surface area contributed by atoms with E-state index < -0.39 is 45.6 Å². The van der Waals surface area contributed by atoms with Crippen LogP contribution in [0, 0.1) is 0 Å². The number of fused-ring (bicyclic) bond motifs is 1. The minimum atomic E-state index is -4.17. The van der Waals surface area contributed by atoms with Gasteiger partial charge in [-0.05, 0) is 45.9 Å². The number of ether oxygens (including phenoxy) is 2. The van der Waals surface area contributed by atoms with Crippen molar-refractivity contribution in [3.63, 3.8) is 0 Å². The topological polar surface area (TPSA) is 153 Å². The Labute approximate surface area is 178 Å². The molecule has 2 heterocycles. The van der Waals surface area contributed by atoms with Gasteiger partial charge in [-0.3, -0.25) is 14.9 Å². The molecule has 168 valence electrons. The van der Waals surface area contributed by atoms with Gasteiger partial charge in [0, 0.05) is 5.39 Å². The van der Waals surface area contributed by atoms with Gasteiger partial charge in [0.1, 0.15) is 17.9 Å². The summed E-state index contributed by atoms with van der Waals surface area (Å²) in [4.78, 5) is 35.6. The molecule has 2 aromatic rings. The number of carbonyl (C=O) groups is 3. The molecule has 1 atom stereocenters. The highest BCUT2D eigenvalue weighted by Crippen LogP contribution is 2.37. The van der Waals surface area contributed by atoms with Crippen LogP contribution >= 0.6 is 0 Å². The number of urea groups is 1. The van der Waals surface area contributed by atoms with E-state index in [1.165, 1.54) is 32.2 Å². The molecule has 0 bridgehead atoms. The molecule has 1 aromatic heterocycles. The zero-order chi connectivity index (χ0) is 23.2. The maximum atomic E-state index is 12.9. The summed E-state index contributed by atoms with van der Waals surface area (Å²) in [5.41, 5.74) is -2.24. The van der Waals surface area contributed by atoms with Crippen LogP contribution in [0.3, 0.4) is 0 Å². The fourth-order valence-corrected chi connectivity index (χ4v) is 4.19. The lowest BCUT2D eigenvalue weighted by molar-refractivity contribution is -0.153. The Morgan fingerprint density at radius 1 is 1.26 bits per heavy atom. The van der Waals surface area contributed by atoms with Crippen LogP contribution in [0.25, 0.3) is 11.0 Å². The van der Waals surface area contributed by atoms with Gasteiger partial charge in [0.25, 0.3) is 5.91 Å². The van der Waals surface area contributed by atoms with Crippen molar-refractivity contribution in [2.45, 2.75) is 43.7 Å². The molecule has 0 spiro atoms. The van der Waals surface area contributed by atoms with Crippen LogP contribution in [0.5, 0.6) is 5.75 Å². The number of imide groups is 1. The van der Waals surface area contributed by atoms with E-state index in [-0.39, 0.29) is 27.4 Å². The van der Waals surface area contributed by atoms with E-state index in [0.29, 0.717) is 0 Å². The normalized spacial score (nSPS) is 19.3. The Balaban J connectivity index is 2.01. The fraction of sp³-hybridized carbons (Fsp3) is 0.421. The Kier molecular flexibility index (Phi) is 5.48. The fourth-order valence-electron chi connectivity index (χ4n) is 3.04. The number of nitrogens with one attached hydrogen (secondary N) is 3. The first-order valence-corrected chi connectivity index (χ1v) is 10.7. The molecule has 1 saturated heterocycles. The van der Waals surface area contributed by atoms with Crippen LogP contribution in [-0.4, -0.2) is 45.6 Å². The minimum absolute atomic E-state index is 0.0129. The summed E-state index contributed by atoms with van der Waals surface area (Å²) in [5.74, 6) is -1.16. The van der Waals surface area contributed by atoms with Gasteiger partial charge in [-0.2, -0.15) is 4.72 Å². The number of benzene rings is 1. The lowest BCUT2D eigenvalue weighted by atomic mass is 9.99. The van der Waals surface area contributed by atoms with Crippen molar-refractivity contribution in [3.8, 4) is 5.75 Å². The van der Waals surface area contributed by atoms with Crippen LogP contribution in [-0.2, 0) is 29.9 Å². The van der Waals surface area contributed by atoms with E-state index in [1.54, 1.807) is 20.8 Å². The molecule has 1 fully saturated rings. The molecule has 0 radical (unpaired) electrons. The molecular formula is C19H23N3O8S. The lowest BCUT2D eigenvalue weighted by Crippen LogP contribution is -2.40. The summed E-state index contributed by atoms with van der Waals surface area (Å²) in [5, 5.41) is 4.68. The summed E-state index contributed by atoms with van der Waals surface area (Å²) in [7, 11) is -2.80. The number of methoxy groups -OCH3 is 1. The number of furan rings is 1. The summed E-state index contributed by atoms with van der Waals surface area (Å²) >= 11 is 0. The van der Waals surface area contributed by atoms with Gasteiger partial charge in [0.15, 0.2) is 16.9 Å². The first-order valence-electron chi connectivity index (χ1n) is 9.23. The highest BCUT2D eigenvalue weighted by Gasteiger charge is 2.46. The van der Waals surface area contributed by atoms with Crippen LogP contribution in [0.1, 0.15) is 33.5 Å². The molecule has 31 heavy (non-hydrogen) atoms. The largest absolute Gasteiger partial charge is 0.493 e. The van der Waals surface area contributed by atoms with Gasteiger partial charge in [-0.25, -0.2) is 13.2 Å². The Bertz CT molecular complexity index is 1180. The van der Waals surface area contributed by atoms with E-state index in [9.17, 15) is 22.8 Å². The predicted molar refractivity (Wildman–Crippen MR) is 108 cm³/mol. The molecule has 3 N–H and O–H groups in total. The van der Waals surface area contributed by atoms with Crippen molar-refractivity contribution in [1.29, 1.82) is 0 Å². The zero-order valence-corrected chi connectivity index (χ0v) is 18.4. The van der Waals surface area contributed by atoms with Crippen LogP contribution in [0.2, 0.25) is 0 Å². The molecule has 1 aliphatic rings. The highest BCUT2D eigenvalue weighted by atomic mass is 32.2. The third-order valence-corrected chi connectivity index (χ3v) is 5.94. The summed E-state index contributed by atoms with van der Waals surface area (Å²) in [6.07, 6.45) is 0. The van der Waals surface area contributed by atoms with E-state index in [0.717, 1.165) is 0 Å². The third-order valence-electron chi connectivity index (χ3n) is 4.48. The summed E-state index contributed by atoms with van der Waals surface area (Å²) in [6.45, 7) is 5.84. The average molecular weight is 453 g/mol. The van der Waals surface area contributed by atoms with E-state index in [4.69, 9.17) is 13.9 Å². The van der Waals surface area contributed by atoms with Gasteiger partial charge in [-0.1, -0.05) is 0 Å². The Morgan fingerprint density at radius 2 is 1.94 bits per heavy atom. The molecular weight excluding hydrogens is 430 g/mol. The Morgan fingerprint density at radius 3 is 2.48 bits per heavy atom. The number of hydrogen-bond acceptors (Lipinski definition) is 8. The average Bonchev–Trinajstić information content (AvgIpc) is 3.19. The molecule has 1 unspecified atom stereocenters. The van der Waals surface area contributed by atoms with Crippen molar-refractivity contribution in [1.82, 2.24) is 15.4 Å². The van der Waals surface area contributed by atoms with Crippen LogP contribution in [0.4, 0.5) is 4.79 Å². The van der Waals surface area contributed by atoms with E-state index in [2.05, 4.69) is 15.4 Å². The number of amides is 3. The number of hydrogen-bond donors (Lipinski definition) is 3. The zero-order valence-electron chi connectivity index (χ0n) is 17.6. The molecule has 1 aromatic carbocycles. The molecule has 3 amide bonds. The first kappa shape index (κ1) is 22.6. The number of carbonyl (C=O) groups excluding carboxylic acids is 3. The maximum absolute atomic E-state index is 12.9. The van der Waals surface area contributed by atoms with Crippen molar-refractivity contribution in [2.24, 2.45) is 0 Å². The van der Waals surface area contributed by atoms with Crippen molar-refractivity contribution in [3.05, 3.63) is 24.0 Å². The molecule has 1 aliphatic heterocycles. The monoisotopic (exact) mass is 453 g/mol. The van der Waals surface area contributed by atoms with Gasteiger partial charge >= 0.3 is 12.0 Å². The Hall–Kier alpha value is -3.12. The molecule has 0 saturated carbocycles. The molecule has 3 rings (SSSR count). The number of esters is 1. The van der Waals surface area contributed by atoms with Crippen LogP contribution in [0.15, 0.2) is 27.5 Å². The number of sulfonamides is 1. The summed E-state index contributed by atoms with van der Waals surface area (Å²) in [6, 6.07) is 3.30. The standard InChI is InChI=1S/C19H23N3O8S/c1-18(2,3)30-14(23)9-20-31(26,27)12-7-6-11(28-5)15-10(12)8-13(29-15)19(4)16(24)21-17(25)22-19/h6-8,20H,9H2,1-5H3,(H2,21,22,24,25). The van der Waals surface area contributed by atoms with Gasteiger partial charge in [0.05, 0.1) is 12.0 Å². The lowest BCUT2D eigenvalue weighted by Gasteiger charge is -2.19. The molecule has 11 nitrogen and oxygen atoms in total. The van der Waals surface area contributed by atoms with E-state index >= 15 is 0 Å². The SMILES string of the molecule is COc1ccc(S(=O)(=O)NCC(=O)OC(C)(C)C)c2cc(C3(C)NC(=O)NC3=O)oc12. The van der Waals surface area contributed by atoms with Crippen molar-refractivity contribution in [2.75, 3.05) is 13.7 Å². The molecule has 12 heteroatoms. The summed E-state index contributed by atoms with van der Waals surface area (Å²) < 4.78 is 44.1. The van der Waals surface area contributed by atoms with Crippen molar-refractivity contribution >= 4 is 38.9 Å². The quantitative estimate of drug-likeness (QED) is 0.434. The second kappa shape index (κ2) is 7.54. The van der Waals surface area contributed by atoms with E-state index in [1.807, 2.05) is 0 Å². The number of rotatable bonds is 6. The smallest absolute Gasteiger partial charge is 0.322 e. The first-order chi connectivity index (χ1) is 14.3. The predicted octanol–water partition coefficient (Wildman–Crippen LogP) is 1.12. The second-order valence-corrected chi connectivity index (χ2v) is 9.80. The van der Waals surface area contributed by atoms with Gasteiger partial charge in [0.2, 0.25) is 10.0 Å².